The van der Waals surface area contributed by atoms with Crippen molar-refractivity contribution in [1.82, 2.24) is 4.98 Å². The third-order valence-corrected chi connectivity index (χ3v) is 4.38. The minimum Gasteiger partial charge on any atom is -0.481 e. The van der Waals surface area contributed by atoms with Crippen LogP contribution in [0, 0.1) is 0 Å². The third kappa shape index (κ3) is 3.06. The maximum atomic E-state index is 10.7. The van der Waals surface area contributed by atoms with Crippen molar-refractivity contribution < 1.29 is 14.6 Å². The number of halogens is 1. The van der Waals surface area contributed by atoms with Gasteiger partial charge in [0.05, 0.1) is 15.8 Å². The van der Waals surface area contributed by atoms with Crippen LogP contribution in [0.25, 0.3) is 20.8 Å². The Labute approximate surface area is 133 Å². The number of rotatable bonds is 4. The fraction of sp³-hybridized carbons (Fsp3) is 0.0667. The summed E-state index contributed by atoms with van der Waals surface area (Å²) in [5.41, 5.74) is 1.70. The molecule has 0 saturated carbocycles. The topological polar surface area (TPSA) is 59.4 Å². The third-order valence-electron chi connectivity index (χ3n) is 2.82. The molecule has 0 atom stereocenters. The van der Waals surface area contributed by atoms with E-state index in [0.29, 0.717) is 5.75 Å². The van der Waals surface area contributed by atoms with Gasteiger partial charge in [0.1, 0.15) is 10.8 Å². The zero-order valence-corrected chi connectivity index (χ0v) is 13.1. The molecule has 0 spiro atoms. The second-order valence-corrected chi connectivity index (χ2v) is 6.26. The lowest BCUT2D eigenvalue weighted by Gasteiger charge is -2.08. The number of carboxylic acid groups (broad SMARTS) is 1. The van der Waals surface area contributed by atoms with Crippen LogP contribution in [0.3, 0.4) is 0 Å². The van der Waals surface area contributed by atoms with Crippen LogP contribution in [-0.2, 0) is 4.79 Å². The van der Waals surface area contributed by atoms with Crippen molar-refractivity contribution in [2.24, 2.45) is 0 Å². The van der Waals surface area contributed by atoms with Crippen molar-refractivity contribution in [1.29, 1.82) is 0 Å². The second kappa shape index (κ2) is 5.83. The predicted octanol–water partition coefficient (Wildman–Crippen LogP) is 4.19. The Morgan fingerprint density at radius 1 is 1.29 bits per heavy atom. The molecule has 0 radical (unpaired) electrons. The Hall–Kier alpha value is -1.92. The molecule has 1 heterocycles. The second-order valence-electron chi connectivity index (χ2n) is 4.31. The molecule has 0 fully saturated rings. The summed E-state index contributed by atoms with van der Waals surface area (Å²) in [6.07, 6.45) is 0. The summed E-state index contributed by atoms with van der Waals surface area (Å²) in [6, 6.07) is 13.3. The quantitative estimate of drug-likeness (QED) is 0.754. The summed E-state index contributed by atoms with van der Waals surface area (Å²) in [5, 5.41) is 9.56. The van der Waals surface area contributed by atoms with Crippen LogP contribution >= 0.6 is 27.3 Å². The lowest BCUT2D eigenvalue weighted by molar-refractivity contribution is -0.139. The van der Waals surface area contributed by atoms with Crippen molar-refractivity contribution >= 4 is 43.5 Å². The van der Waals surface area contributed by atoms with E-state index in [1.807, 2.05) is 36.4 Å². The molecule has 0 unspecified atom stereocenters. The number of hydrogen-bond acceptors (Lipinski definition) is 4. The van der Waals surface area contributed by atoms with Gasteiger partial charge in [-0.2, -0.15) is 0 Å². The summed E-state index contributed by atoms with van der Waals surface area (Å²) in [7, 11) is 0. The molecule has 0 aliphatic carbocycles. The molecule has 6 heteroatoms. The van der Waals surface area contributed by atoms with Crippen molar-refractivity contribution in [3.05, 3.63) is 46.9 Å². The highest BCUT2D eigenvalue weighted by Crippen LogP contribution is 2.37. The molecule has 2 aromatic carbocycles. The van der Waals surface area contributed by atoms with Gasteiger partial charge in [-0.1, -0.05) is 28.1 Å². The van der Waals surface area contributed by atoms with Gasteiger partial charge in [0.25, 0.3) is 0 Å². The predicted molar refractivity (Wildman–Crippen MR) is 85.9 cm³/mol. The van der Waals surface area contributed by atoms with E-state index in [1.165, 1.54) is 0 Å². The number of carbonyl (C=O) groups is 1. The SMILES string of the molecule is O=C(O)COc1ccc(Br)cc1-c1nc2ccccc2s1. The fourth-order valence-electron chi connectivity index (χ4n) is 1.92. The first-order valence-electron chi connectivity index (χ1n) is 6.13. The first kappa shape index (κ1) is 14.0. The highest BCUT2D eigenvalue weighted by atomic mass is 79.9. The lowest BCUT2D eigenvalue weighted by atomic mass is 10.2. The van der Waals surface area contributed by atoms with Gasteiger partial charge in [0.2, 0.25) is 0 Å². The van der Waals surface area contributed by atoms with E-state index >= 15 is 0 Å². The van der Waals surface area contributed by atoms with Crippen molar-refractivity contribution in [2.75, 3.05) is 6.61 Å². The Morgan fingerprint density at radius 2 is 2.10 bits per heavy atom. The monoisotopic (exact) mass is 363 g/mol. The van der Waals surface area contributed by atoms with Crippen molar-refractivity contribution in [3.8, 4) is 16.3 Å². The average molecular weight is 364 g/mol. The van der Waals surface area contributed by atoms with Crippen LogP contribution in [0.5, 0.6) is 5.75 Å². The number of aromatic nitrogens is 1. The number of carboxylic acids is 1. The van der Waals surface area contributed by atoms with Crippen LogP contribution in [0.4, 0.5) is 0 Å². The molecular formula is C15H10BrNO3S. The van der Waals surface area contributed by atoms with Crippen LogP contribution in [0.15, 0.2) is 46.9 Å². The first-order chi connectivity index (χ1) is 10.1. The smallest absolute Gasteiger partial charge is 0.341 e. The largest absolute Gasteiger partial charge is 0.481 e. The molecule has 1 aromatic heterocycles. The van der Waals surface area contributed by atoms with Gasteiger partial charge in [0, 0.05) is 4.47 Å². The summed E-state index contributed by atoms with van der Waals surface area (Å²) < 4.78 is 7.32. The zero-order chi connectivity index (χ0) is 14.8. The summed E-state index contributed by atoms with van der Waals surface area (Å²) >= 11 is 4.97. The molecule has 3 aromatic rings. The molecule has 106 valence electrons. The molecule has 0 amide bonds. The number of fused-ring (bicyclic) bond motifs is 1. The van der Waals surface area contributed by atoms with Gasteiger partial charge in [0.15, 0.2) is 6.61 Å². The van der Waals surface area contributed by atoms with E-state index in [9.17, 15) is 4.79 Å². The van der Waals surface area contributed by atoms with Gasteiger partial charge in [-0.3, -0.25) is 0 Å². The number of ether oxygens (including phenoxy) is 1. The van der Waals surface area contributed by atoms with E-state index in [2.05, 4.69) is 20.9 Å². The van der Waals surface area contributed by atoms with Gasteiger partial charge < -0.3 is 9.84 Å². The van der Waals surface area contributed by atoms with E-state index in [1.54, 1.807) is 17.4 Å². The Morgan fingerprint density at radius 3 is 2.86 bits per heavy atom. The zero-order valence-electron chi connectivity index (χ0n) is 10.7. The van der Waals surface area contributed by atoms with Crippen LogP contribution in [-0.4, -0.2) is 22.7 Å². The molecule has 21 heavy (non-hydrogen) atoms. The van der Waals surface area contributed by atoms with Gasteiger partial charge >= 0.3 is 5.97 Å². The molecule has 0 bridgehead atoms. The number of benzene rings is 2. The van der Waals surface area contributed by atoms with E-state index in [4.69, 9.17) is 9.84 Å². The lowest BCUT2D eigenvalue weighted by Crippen LogP contribution is -2.09. The number of nitrogens with zero attached hydrogens (tertiary/aromatic N) is 1. The molecule has 3 rings (SSSR count). The highest BCUT2D eigenvalue weighted by Gasteiger charge is 2.13. The summed E-state index contributed by atoms with van der Waals surface area (Å²) in [5.74, 6) is -0.493. The fourth-order valence-corrected chi connectivity index (χ4v) is 3.27. The molecule has 0 aliphatic rings. The van der Waals surface area contributed by atoms with Crippen LogP contribution in [0.2, 0.25) is 0 Å². The van der Waals surface area contributed by atoms with E-state index in [0.717, 1.165) is 25.3 Å². The standard InChI is InChI=1S/C15H10BrNO3S/c16-9-5-6-12(20-8-14(18)19)10(7-9)15-17-11-3-1-2-4-13(11)21-15/h1-7H,8H2,(H,18,19). The van der Waals surface area contributed by atoms with Gasteiger partial charge in [-0.15, -0.1) is 11.3 Å². The van der Waals surface area contributed by atoms with Gasteiger partial charge in [-0.25, -0.2) is 9.78 Å². The minimum absolute atomic E-state index is 0.375. The number of aliphatic carboxylic acids is 1. The summed E-state index contributed by atoms with van der Waals surface area (Å²) in [6.45, 7) is -0.375. The highest BCUT2D eigenvalue weighted by molar-refractivity contribution is 9.10. The minimum atomic E-state index is -1.01. The Balaban J connectivity index is 2.06. The number of thiazole rings is 1. The first-order valence-corrected chi connectivity index (χ1v) is 7.74. The maximum Gasteiger partial charge on any atom is 0.341 e. The Kier molecular flexibility index (Phi) is 3.90. The van der Waals surface area contributed by atoms with Gasteiger partial charge in [-0.05, 0) is 30.3 Å². The number of hydrogen-bond donors (Lipinski definition) is 1. The molecule has 1 N–H and O–H groups in total. The van der Waals surface area contributed by atoms with E-state index < -0.39 is 5.97 Å². The van der Waals surface area contributed by atoms with E-state index in [-0.39, 0.29) is 6.61 Å². The molecule has 0 saturated heterocycles. The average Bonchev–Trinajstić information content (AvgIpc) is 2.89. The molecule has 0 aliphatic heterocycles. The van der Waals surface area contributed by atoms with Crippen LogP contribution in [0.1, 0.15) is 0 Å². The van der Waals surface area contributed by atoms with Crippen molar-refractivity contribution in [3.63, 3.8) is 0 Å². The maximum absolute atomic E-state index is 10.7. The molecule has 4 nitrogen and oxygen atoms in total. The number of para-hydroxylation sites is 1. The molecular weight excluding hydrogens is 354 g/mol. The van der Waals surface area contributed by atoms with Crippen molar-refractivity contribution in [2.45, 2.75) is 0 Å². The Bertz CT molecular complexity index is 783. The van der Waals surface area contributed by atoms with Crippen LogP contribution < -0.4 is 4.74 Å². The summed E-state index contributed by atoms with van der Waals surface area (Å²) in [4.78, 5) is 15.3. The normalized spacial score (nSPS) is 10.7.